The Morgan fingerprint density at radius 1 is 1.11 bits per heavy atom. The molecule has 4 heterocycles. The largest absolute Gasteiger partial charge is 0.343 e. The summed E-state index contributed by atoms with van der Waals surface area (Å²) in [7, 11) is 0. The van der Waals surface area contributed by atoms with E-state index in [1.165, 1.54) is 5.56 Å². The van der Waals surface area contributed by atoms with Crippen molar-refractivity contribution in [2.75, 3.05) is 19.6 Å². The lowest BCUT2D eigenvalue weighted by Crippen LogP contribution is -2.48. The number of aromatic amines is 2. The van der Waals surface area contributed by atoms with Crippen molar-refractivity contribution >= 4 is 33.6 Å². The molecule has 4 aromatic rings. The minimum absolute atomic E-state index is 0.0133. The predicted molar refractivity (Wildman–Crippen MR) is 175 cm³/mol. The van der Waals surface area contributed by atoms with E-state index < -0.39 is 5.41 Å². The summed E-state index contributed by atoms with van der Waals surface area (Å²) >= 11 is 0. The molecule has 0 spiro atoms. The van der Waals surface area contributed by atoms with Crippen molar-refractivity contribution in [2.45, 2.75) is 85.6 Å². The van der Waals surface area contributed by atoms with Crippen molar-refractivity contribution in [3.63, 3.8) is 0 Å². The third kappa shape index (κ3) is 5.66. The molecular weight excluding hydrogens is 550 g/mol. The highest BCUT2D eigenvalue weighted by atomic mass is 16.2. The van der Waals surface area contributed by atoms with Crippen LogP contribution < -0.4 is 5.56 Å². The lowest BCUT2D eigenvalue weighted by atomic mass is 9.77. The highest BCUT2D eigenvalue weighted by Crippen LogP contribution is 2.41. The van der Waals surface area contributed by atoms with Crippen LogP contribution in [0.5, 0.6) is 0 Å². The first-order chi connectivity index (χ1) is 20.8. The predicted octanol–water partition coefficient (Wildman–Crippen LogP) is 6.26. The van der Waals surface area contributed by atoms with Crippen molar-refractivity contribution < 1.29 is 9.59 Å². The second kappa shape index (κ2) is 11.2. The molecule has 0 aliphatic carbocycles. The van der Waals surface area contributed by atoms with Gasteiger partial charge in [-0.3, -0.25) is 19.5 Å². The van der Waals surface area contributed by atoms with Crippen molar-refractivity contribution in [3.8, 4) is 0 Å². The van der Waals surface area contributed by atoms with Gasteiger partial charge < -0.3 is 14.8 Å². The molecule has 8 heteroatoms. The Labute approximate surface area is 259 Å². The van der Waals surface area contributed by atoms with E-state index >= 15 is 0 Å². The number of aromatic nitrogens is 3. The second-order valence-corrected chi connectivity index (χ2v) is 14.8. The number of H-pyrrole nitrogens is 2. The molecule has 2 aliphatic heterocycles. The number of carbonyl (C=O) groups is 2. The average Bonchev–Trinajstić information content (AvgIpc) is 3.43. The van der Waals surface area contributed by atoms with E-state index in [2.05, 4.69) is 55.9 Å². The van der Waals surface area contributed by atoms with Gasteiger partial charge in [0.2, 0.25) is 11.8 Å². The van der Waals surface area contributed by atoms with E-state index in [0.29, 0.717) is 32.6 Å². The molecule has 0 saturated carbocycles. The molecule has 1 saturated heterocycles. The molecule has 0 unspecified atom stereocenters. The van der Waals surface area contributed by atoms with Crippen LogP contribution in [0.2, 0.25) is 0 Å². The van der Waals surface area contributed by atoms with E-state index in [9.17, 15) is 14.4 Å². The van der Waals surface area contributed by atoms with Crippen LogP contribution in [0.25, 0.3) is 21.8 Å². The Bertz CT molecular complexity index is 1790. The molecule has 6 rings (SSSR count). The van der Waals surface area contributed by atoms with Gasteiger partial charge in [0, 0.05) is 49.1 Å². The number of piperidine rings is 1. The van der Waals surface area contributed by atoms with Crippen LogP contribution in [0, 0.1) is 10.8 Å². The summed E-state index contributed by atoms with van der Waals surface area (Å²) in [4.78, 5) is 48.1. The number of fused-ring (bicyclic) bond motifs is 4. The van der Waals surface area contributed by atoms with E-state index in [1.54, 1.807) is 0 Å². The molecule has 2 aliphatic rings. The van der Waals surface area contributed by atoms with Crippen LogP contribution in [-0.2, 0) is 22.6 Å². The zero-order valence-corrected chi connectivity index (χ0v) is 26.9. The quantitative estimate of drug-likeness (QED) is 0.284. The maximum Gasteiger partial charge on any atom is 0.251 e. The van der Waals surface area contributed by atoms with Crippen molar-refractivity contribution in [1.82, 2.24) is 25.0 Å². The van der Waals surface area contributed by atoms with Crippen LogP contribution >= 0.6 is 0 Å². The minimum atomic E-state index is -0.869. The number of nitrogens with one attached hydrogen (secondary N) is 2. The SMILES string of the molecule is CC(C)c1cc2c(c3cn[nH]c13)CN(CC(C)(C)C)C(=O)[C@](C)(CC(=O)N1CCC(c3cc4ccccc4[nH]c3=O)CC1)C2. The number of nitrogens with zero attached hydrogens (tertiary/aromatic N) is 3. The summed E-state index contributed by atoms with van der Waals surface area (Å²) in [6, 6.07) is 12.1. The van der Waals surface area contributed by atoms with E-state index in [-0.39, 0.29) is 41.0 Å². The smallest absolute Gasteiger partial charge is 0.251 e. The Morgan fingerprint density at radius 3 is 2.55 bits per heavy atom. The van der Waals surface area contributed by atoms with Crippen molar-refractivity contribution in [3.05, 3.63) is 75.2 Å². The van der Waals surface area contributed by atoms with Gasteiger partial charge in [0.05, 0.1) is 17.1 Å². The van der Waals surface area contributed by atoms with Gasteiger partial charge in [-0.2, -0.15) is 5.10 Å². The highest BCUT2D eigenvalue weighted by Gasteiger charge is 2.44. The molecular formula is C36H45N5O3. The van der Waals surface area contributed by atoms with Crippen LogP contribution in [0.3, 0.4) is 0 Å². The lowest BCUT2D eigenvalue weighted by Gasteiger charge is -2.37. The van der Waals surface area contributed by atoms with Gasteiger partial charge in [-0.1, -0.05) is 58.9 Å². The highest BCUT2D eigenvalue weighted by molar-refractivity contribution is 5.92. The standard InChI is InChI=1S/C36H45N5O3/c1-22(2)26-16-25-17-36(6,34(44)41(21-35(3,4)5)20-29(25)28-19-37-39-32(26)28)18-31(42)40-13-11-23(12-14-40)27-15-24-9-7-8-10-30(24)38-33(27)43/h7-10,15-16,19,22-23H,11-14,17-18,20-21H2,1-6H3,(H,37,39)(H,38,43)/t36-/m0/s1. The van der Waals surface area contributed by atoms with Crippen LogP contribution in [0.15, 0.2) is 47.4 Å². The molecule has 2 aromatic heterocycles. The van der Waals surface area contributed by atoms with Gasteiger partial charge in [-0.25, -0.2) is 0 Å². The second-order valence-electron chi connectivity index (χ2n) is 14.8. The number of benzene rings is 2. The first-order valence-electron chi connectivity index (χ1n) is 16.0. The van der Waals surface area contributed by atoms with Gasteiger partial charge in [0.15, 0.2) is 0 Å². The third-order valence-electron chi connectivity index (χ3n) is 9.60. The van der Waals surface area contributed by atoms with Crippen LogP contribution in [0.4, 0.5) is 0 Å². The van der Waals surface area contributed by atoms with Crippen molar-refractivity contribution in [2.24, 2.45) is 10.8 Å². The fraction of sp³-hybridized carbons (Fsp3) is 0.500. The summed E-state index contributed by atoms with van der Waals surface area (Å²) in [5.74, 6) is 0.442. The fourth-order valence-electron chi connectivity index (χ4n) is 7.39. The number of hydrogen-bond donors (Lipinski definition) is 2. The number of hydrogen-bond acceptors (Lipinski definition) is 4. The molecule has 2 amide bonds. The molecule has 8 nitrogen and oxygen atoms in total. The zero-order chi connectivity index (χ0) is 31.4. The topological polar surface area (TPSA) is 102 Å². The third-order valence-corrected chi connectivity index (χ3v) is 9.60. The average molecular weight is 596 g/mol. The maximum absolute atomic E-state index is 14.4. The monoisotopic (exact) mass is 595 g/mol. The molecule has 44 heavy (non-hydrogen) atoms. The normalized spacial score (nSPS) is 20.0. The summed E-state index contributed by atoms with van der Waals surface area (Å²) < 4.78 is 0. The summed E-state index contributed by atoms with van der Waals surface area (Å²) in [5, 5.41) is 9.68. The minimum Gasteiger partial charge on any atom is -0.343 e. The Hall–Kier alpha value is -3.94. The fourth-order valence-corrected chi connectivity index (χ4v) is 7.39. The van der Waals surface area contributed by atoms with Crippen molar-refractivity contribution in [1.29, 1.82) is 0 Å². The van der Waals surface area contributed by atoms with Gasteiger partial charge in [-0.15, -0.1) is 0 Å². The van der Waals surface area contributed by atoms with Gasteiger partial charge >= 0.3 is 0 Å². The molecule has 1 fully saturated rings. The number of amides is 2. The summed E-state index contributed by atoms with van der Waals surface area (Å²) in [6.45, 7) is 15.0. The van der Waals surface area contributed by atoms with E-state index in [4.69, 9.17) is 0 Å². The number of carbonyl (C=O) groups excluding carboxylic acids is 2. The lowest BCUT2D eigenvalue weighted by molar-refractivity contribution is -0.148. The van der Waals surface area contributed by atoms with Gasteiger partial charge in [0.1, 0.15) is 0 Å². The Kier molecular flexibility index (Phi) is 7.67. The van der Waals surface area contributed by atoms with Gasteiger partial charge in [-0.05, 0) is 77.6 Å². The van der Waals surface area contributed by atoms with Crippen LogP contribution in [-0.4, -0.2) is 56.4 Å². The first-order valence-corrected chi connectivity index (χ1v) is 16.0. The molecule has 1 atom stereocenters. The van der Waals surface area contributed by atoms with E-state index in [0.717, 1.165) is 51.3 Å². The Balaban J connectivity index is 1.26. The number of likely N-dealkylation sites (tertiary alicyclic amines) is 1. The molecule has 0 radical (unpaired) electrons. The molecule has 0 bridgehead atoms. The summed E-state index contributed by atoms with van der Waals surface area (Å²) in [6.07, 6.45) is 4.02. The molecule has 2 N–H and O–H groups in total. The van der Waals surface area contributed by atoms with Crippen LogP contribution in [0.1, 0.15) is 94.9 Å². The maximum atomic E-state index is 14.4. The Morgan fingerprint density at radius 2 is 1.84 bits per heavy atom. The summed E-state index contributed by atoms with van der Waals surface area (Å²) in [5.41, 5.74) is 5.11. The van der Waals surface area contributed by atoms with Gasteiger partial charge in [0.25, 0.3) is 5.56 Å². The number of rotatable bonds is 5. The molecule has 232 valence electrons. The molecule has 2 aromatic carbocycles. The number of pyridine rings is 1. The first kappa shape index (κ1) is 30.1. The zero-order valence-electron chi connectivity index (χ0n) is 26.9. The number of para-hydroxylation sites is 1. The van der Waals surface area contributed by atoms with E-state index in [1.807, 2.05) is 53.3 Å².